The second kappa shape index (κ2) is 6.28. The molecule has 1 aliphatic rings. The summed E-state index contributed by atoms with van der Waals surface area (Å²) in [6.45, 7) is 8.83. The first-order valence-electron chi connectivity index (χ1n) is 6.14. The van der Waals surface area contributed by atoms with E-state index in [0.29, 0.717) is 13.0 Å². The molecule has 0 radical (unpaired) electrons. The molecule has 0 spiro atoms. The average Bonchev–Trinajstić information content (AvgIpc) is 2.14. The number of nitrogens with one attached hydrogen (secondary N) is 2. The molecule has 17 heavy (non-hydrogen) atoms. The fourth-order valence-corrected chi connectivity index (χ4v) is 2.87. The van der Waals surface area contributed by atoms with Crippen molar-refractivity contribution in [2.75, 3.05) is 12.3 Å². The van der Waals surface area contributed by atoms with Crippen molar-refractivity contribution >= 4 is 22.8 Å². The summed E-state index contributed by atoms with van der Waals surface area (Å²) in [5.74, 6) is 1.17. The van der Waals surface area contributed by atoms with E-state index in [9.17, 15) is 4.79 Å². The van der Waals surface area contributed by atoms with Crippen molar-refractivity contribution in [3.05, 3.63) is 0 Å². The Labute approximate surface area is 108 Å². The van der Waals surface area contributed by atoms with E-state index in [4.69, 9.17) is 0 Å². The van der Waals surface area contributed by atoms with E-state index < -0.39 is 0 Å². The van der Waals surface area contributed by atoms with Gasteiger partial charge >= 0.3 is 0 Å². The van der Waals surface area contributed by atoms with Gasteiger partial charge in [0.25, 0.3) is 0 Å². The van der Waals surface area contributed by atoms with Crippen molar-refractivity contribution in [1.82, 2.24) is 10.6 Å². The zero-order valence-electron chi connectivity index (χ0n) is 11.2. The van der Waals surface area contributed by atoms with Gasteiger partial charge in [-0.25, -0.2) is 0 Å². The number of amides is 1. The molecule has 0 saturated carbocycles. The second-order valence-corrected chi connectivity index (χ2v) is 6.35. The van der Waals surface area contributed by atoms with Gasteiger partial charge in [-0.2, -0.15) is 0 Å². The predicted octanol–water partition coefficient (Wildman–Crippen LogP) is 1.76. The summed E-state index contributed by atoms with van der Waals surface area (Å²) in [7, 11) is 0. The molecule has 0 aromatic carbocycles. The van der Waals surface area contributed by atoms with Crippen molar-refractivity contribution in [3.8, 4) is 0 Å². The predicted molar refractivity (Wildman–Crippen MR) is 74.5 cm³/mol. The monoisotopic (exact) mass is 257 g/mol. The first kappa shape index (κ1) is 14.4. The lowest BCUT2D eigenvalue weighted by atomic mass is 10.0. The van der Waals surface area contributed by atoms with E-state index >= 15 is 0 Å². The lowest BCUT2D eigenvalue weighted by Crippen LogP contribution is -2.46. The second-order valence-electron chi connectivity index (χ2n) is 5.27. The lowest BCUT2D eigenvalue weighted by molar-refractivity contribution is -0.121. The minimum absolute atomic E-state index is 0.0735. The maximum Gasteiger partial charge on any atom is 0.222 e. The Morgan fingerprint density at radius 2 is 2.29 bits per heavy atom. The number of thioether (sulfide) groups is 1. The normalized spacial score (nSPS) is 21.4. The van der Waals surface area contributed by atoms with Gasteiger partial charge in [0.05, 0.1) is 6.54 Å². The molecule has 0 aromatic rings. The van der Waals surface area contributed by atoms with Crippen LogP contribution in [0.1, 0.15) is 40.5 Å². The number of rotatable bonds is 4. The van der Waals surface area contributed by atoms with Crippen LogP contribution in [-0.2, 0) is 4.79 Å². The van der Waals surface area contributed by atoms with Gasteiger partial charge in [-0.05, 0) is 34.1 Å². The van der Waals surface area contributed by atoms with Gasteiger partial charge in [-0.3, -0.25) is 9.79 Å². The van der Waals surface area contributed by atoms with E-state index in [2.05, 4.69) is 29.5 Å². The summed E-state index contributed by atoms with van der Waals surface area (Å²) in [5.41, 5.74) is 0.129. The van der Waals surface area contributed by atoms with E-state index in [1.165, 1.54) is 0 Å². The molecule has 1 fully saturated rings. The Morgan fingerprint density at radius 3 is 2.88 bits per heavy atom. The third kappa shape index (κ3) is 5.96. The van der Waals surface area contributed by atoms with E-state index in [1.807, 2.05) is 13.8 Å². The summed E-state index contributed by atoms with van der Waals surface area (Å²) < 4.78 is 0. The van der Waals surface area contributed by atoms with Crippen LogP contribution in [0.25, 0.3) is 0 Å². The summed E-state index contributed by atoms with van der Waals surface area (Å²) in [4.78, 5) is 15.8. The van der Waals surface area contributed by atoms with Crippen LogP contribution in [0.4, 0.5) is 0 Å². The number of hydrogen-bond acceptors (Lipinski definition) is 3. The Bertz CT molecular complexity index is 300. The van der Waals surface area contributed by atoms with E-state index in [-0.39, 0.29) is 17.5 Å². The number of carbonyl (C=O) groups excluding carboxylic acids is 1. The van der Waals surface area contributed by atoms with Crippen LogP contribution < -0.4 is 10.6 Å². The first-order chi connectivity index (χ1) is 7.89. The molecule has 2 N–H and O–H groups in total. The number of amidine groups is 1. The maximum atomic E-state index is 11.4. The number of hydrogen-bond donors (Lipinski definition) is 2. The standard InChI is InChI=1S/C12H23N3OS/c1-9(2)14-10(16)5-7-13-11-15-12(3,4)6-8-17-11/h9H,5-8H2,1-4H3,(H,13,15)(H,14,16). The van der Waals surface area contributed by atoms with Crippen molar-refractivity contribution in [2.45, 2.75) is 52.1 Å². The lowest BCUT2D eigenvalue weighted by Gasteiger charge is -2.32. The largest absolute Gasteiger partial charge is 0.360 e. The first-order valence-corrected chi connectivity index (χ1v) is 7.12. The Hall–Kier alpha value is -0.710. The Balaban J connectivity index is 2.31. The summed E-state index contributed by atoms with van der Waals surface area (Å²) >= 11 is 1.74. The fraction of sp³-hybridized carbons (Fsp3) is 0.833. The number of carbonyl (C=O) groups is 1. The van der Waals surface area contributed by atoms with Gasteiger partial charge in [0.2, 0.25) is 5.91 Å². The third-order valence-electron chi connectivity index (χ3n) is 2.46. The number of aliphatic imine (C=N–C) groups is 1. The van der Waals surface area contributed by atoms with Crippen LogP contribution >= 0.6 is 11.8 Å². The van der Waals surface area contributed by atoms with E-state index in [0.717, 1.165) is 17.3 Å². The van der Waals surface area contributed by atoms with Crippen LogP contribution in [-0.4, -0.2) is 35.0 Å². The molecule has 0 atom stereocenters. The highest BCUT2D eigenvalue weighted by Gasteiger charge is 2.23. The van der Waals surface area contributed by atoms with Gasteiger partial charge in [-0.1, -0.05) is 11.8 Å². The molecule has 0 unspecified atom stereocenters. The van der Waals surface area contributed by atoms with Crippen molar-refractivity contribution < 1.29 is 4.79 Å². The van der Waals surface area contributed by atoms with Crippen LogP contribution in [0.5, 0.6) is 0 Å². The molecule has 0 aromatic heterocycles. The zero-order valence-corrected chi connectivity index (χ0v) is 12.0. The molecule has 1 rings (SSSR count). The smallest absolute Gasteiger partial charge is 0.222 e. The third-order valence-corrected chi connectivity index (χ3v) is 3.37. The van der Waals surface area contributed by atoms with Gasteiger partial charge < -0.3 is 10.6 Å². The van der Waals surface area contributed by atoms with Gasteiger partial charge in [0, 0.05) is 23.8 Å². The highest BCUT2D eigenvalue weighted by molar-refractivity contribution is 8.13. The molecule has 1 saturated heterocycles. The van der Waals surface area contributed by atoms with Crippen LogP contribution in [0.2, 0.25) is 0 Å². The van der Waals surface area contributed by atoms with Gasteiger partial charge in [-0.15, -0.1) is 0 Å². The molecule has 1 aliphatic heterocycles. The topological polar surface area (TPSA) is 53.5 Å². The van der Waals surface area contributed by atoms with Crippen molar-refractivity contribution in [3.63, 3.8) is 0 Å². The SMILES string of the molecule is CC(C)NC(=O)CCN=C1NC(C)(C)CCS1. The highest BCUT2D eigenvalue weighted by Crippen LogP contribution is 2.21. The average molecular weight is 257 g/mol. The molecule has 1 heterocycles. The summed E-state index contributed by atoms with van der Waals surface area (Å²) in [5, 5.41) is 7.22. The van der Waals surface area contributed by atoms with E-state index in [1.54, 1.807) is 11.8 Å². The van der Waals surface area contributed by atoms with Gasteiger partial charge in [0.15, 0.2) is 5.17 Å². The molecular weight excluding hydrogens is 234 g/mol. The minimum Gasteiger partial charge on any atom is -0.360 e. The van der Waals surface area contributed by atoms with Crippen LogP contribution in [0.15, 0.2) is 4.99 Å². The molecule has 1 amide bonds. The minimum atomic E-state index is 0.0735. The molecule has 98 valence electrons. The quantitative estimate of drug-likeness (QED) is 0.807. The highest BCUT2D eigenvalue weighted by atomic mass is 32.2. The van der Waals surface area contributed by atoms with Gasteiger partial charge in [0.1, 0.15) is 0 Å². The Morgan fingerprint density at radius 1 is 1.59 bits per heavy atom. The Kier molecular flexibility index (Phi) is 5.31. The maximum absolute atomic E-state index is 11.4. The van der Waals surface area contributed by atoms with Crippen molar-refractivity contribution in [1.29, 1.82) is 0 Å². The van der Waals surface area contributed by atoms with Crippen molar-refractivity contribution in [2.24, 2.45) is 4.99 Å². The molecule has 0 aliphatic carbocycles. The number of nitrogens with zero attached hydrogens (tertiary/aromatic N) is 1. The fourth-order valence-electron chi connectivity index (χ4n) is 1.53. The molecule has 5 heteroatoms. The molecule has 4 nitrogen and oxygen atoms in total. The van der Waals surface area contributed by atoms with Crippen LogP contribution in [0, 0.1) is 0 Å². The van der Waals surface area contributed by atoms with Crippen LogP contribution in [0.3, 0.4) is 0 Å². The zero-order chi connectivity index (χ0) is 12.9. The molecule has 0 bridgehead atoms. The molecular formula is C12H23N3OS. The summed E-state index contributed by atoms with van der Waals surface area (Å²) in [6, 6.07) is 0.205. The summed E-state index contributed by atoms with van der Waals surface area (Å²) in [6.07, 6.45) is 1.61.